The molecule has 7 rings (SSSR count). The number of hydrogen-bond donors (Lipinski definition) is 7. The van der Waals surface area contributed by atoms with Gasteiger partial charge in [-0.25, -0.2) is 0 Å². The molecule has 0 spiro atoms. The van der Waals surface area contributed by atoms with Gasteiger partial charge in [-0.2, -0.15) is 0 Å². The van der Waals surface area contributed by atoms with Crippen LogP contribution in [-0.4, -0.2) is 346 Å². The highest BCUT2D eigenvalue weighted by Gasteiger charge is 2.60. The Kier molecular flexibility index (Phi) is 41.8. The van der Waals surface area contributed by atoms with Crippen molar-refractivity contribution in [2.24, 2.45) is 0 Å². The molecule has 32 heteroatoms. The first-order valence-corrected chi connectivity index (χ1v) is 36.7. The van der Waals surface area contributed by atoms with E-state index in [2.05, 4.69) is 78.9 Å². The van der Waals surface area contributed by atoms with Crippen LogP contribution in [0, 0.1) is 0 Å². The van der Waals surface area contributed by atoms with Crippen LogP contribution >= 0.6 is 0 Å². The fraction of sp³-hybridized carbons (Fsp3) is 0.620. The number of methoxy groups -OCH3 is 1. The largest absolute Gasteiger partial charge is 0.497 e. The summed E-state index contributed by atoms with van der Waals surface area (Å²) in [5, 5.41) is 86.2. The highest BCUT2D eigenvalue weighted by Crippen LogP contribution is 2.41. The molecule has 30 atom stereocenters. The fourth-order valence-electron chi connectivity index (χ4n) is 13.1. The summed E-state index contributed by atoms with van der Waals surface area (Å²) in [6.07, 6.45) is -26.4. The van der Waals surface area contributed by atoms with Gasteiger partial charge in [-0.1, -0.05) is 72.9 Å². The molecule has 6 aliphatic rings. The maximum absolute atomic E-state index is 12.8. The van der Waals surface area contributed by atoms with Crippen molar-refractivity contribution in [3.8, 4) is 11.5 Å². The molecule has 1 aromatic rings. The van der Waals surface area contributed by atoms with Crippen molar-refractivity contribution in [3.05, 3.63) is 176 Å². The zero-order valence-electron chi connectivity index (χ0n) is 63.1. The number of ether oxygens (including phenoxy) is 25. The van der Waals surface area contributed by atoms with E-state index in [4.69, 9.17) is 118 Å². The Labute approximate surface area is 649 Å². The molecule has 0 aliphatic carbocycles. The normalized spacial score (nSPS) is 36.3. The van der Waals surface area contributed by atoms with Gasteiger partial charge in [0.2, 0.25) is 6.29 Å². The van der Waals surface area contributed by atoms with Crippen LogP contribution in [0.2, 0.25) is 0 Å². The van der Waals surface area contributed by atoms with E-state index in [0.717, 1.165) is 0 Å². The van der Waals surface area contributed by atoms with Gasteiger partial charge in [0.15, 0.2) is 31.5 Å². The zero-order valence-corrected chi connectivity index (χ0v) is 63.1. The lowest BCUT2D eigenvalue weighted by Gasteiger charge is -2.51. The van der Waals surface area contributed by atoms with E-state index < -0.39 is 184 Å². The lowest BCUT2D eigenvalue weighted by molar-refractivity contribution is -0.400. The highest BCUT2D eigenvalue weighted by atomic mass is 16.8. The number of aliphatic hydroxyl groups is 7. The highest BCUT2D eigenvalue weighted by molar-refractivity contribution is 5.31. The van der Waals surface area contributed by atoms with E-state index in [1.165, 1.54) is 80.0 Å². The van der Waals surface area contributed by atoms with Crippen molar-refractivity contribution >= 4 is 0 Å². The molecule has 0 radical (unpaired) electrons. The van der Waals surface area contributed by atoms with Gasteiger partial charge in [0.25, 0.3) is 0 Å². The van der Waals surface area contributed by atoms with Crippen LogP contribution in [0.15, 0.2) is 176 Å². The van der Waals surface area contributed by atoms with Crippen LogP contribution < -0.4 is 9.47 Å². The van der Waals surface area contributed by atoms with Crippen molar-refractivity contribution in [1.82, 2.24) is 0 Å². The maximum Gasteiger partial charge on any atom is 0.229 e. The zero-order chi connectivity index (χ0) is 80.2. The molecule has 7 N–H and O–H groups in total. The molecule has 1 aromatic carbocycles. The Morgan fingerprint density at radius 3 is 0.694 bits per heavy atom. The van der Waals surface area contributed by atoms with Gasteiger partial charge in [0.1, 0.15) is 158 Å². The van der Waals surface area contributed by atoms with Crippen molar-refractivity contribution in [2.75, 3.05) is 126 Å². The molecule has 0 aromatic heterocycles. The Balaban J connectivity index is 1.20. The Morgan fingerprint density at radius 1 is 0.252 bits per heavy atom. The van der Waals surface area contributed by atoms with Crippen molar-refractivity contribution in [3.63, 3.8) is 0 Å². The van der Waals surface area contributed by atoms with Gasteiger partial charge in [0.05, 0.1) is 126 Å². The molecule has 6 heterocycles. The standard InChI is InChI=1S/C79H116O32/c1-14-30-88-42-50-56(80)68(94-36-20-7)57(81)75(101-50)107-64-52(44-90-32-16-3)103-77(59(83)70(64)96-38-22-9)109-66-54(46-92-34-18-5)105-79(61(85)72(66)98-40-24-11)111-67-55(47-93-35-19-6)106-78(62(86)73(67)99-41-25-12)110-65-53(45-91-33-17-4)104-76(60(84)71(65)97-39-23-10)108-63-51(43-89-31-15-2)102-74(58(82)69(63)95-37-21-8)100-49-28-26-48(87-13)27-29-49/h14-29,50-86H,1-12,30-47H2,13H3/t50-,51-,52-,53-,54-,55-,56+,57-,58-,59-,60-,61-,62-,63+,64+,65+,66+,67+,68+,69-,70-,71-,72-,73-,74-,75+,76+,77+,78+,79+/m1/s1. The summed E-state index contributed by atoms with van der Waals surface area (Å²) >= 11 is 0. The molecule has 0 unspecified atom stereocenters. The lowest BCUT2D eigenvalue weighted by Crippen LogP contribution is -2.69. The maximum atomic E-state index is 12.8. The molecule has 6 fully saturated rings. The quantitative estimate of drug-likeness (QED) is 0.0364. The van der Waals surface area contributed by atoms with E-state index in [1.807, 2.05) is 0 Å². The topological polar surface area (TPSA) is 372 Å². The molecule has 111 heavy (non-hydrogen) atoms. The Bertz CT molecular complexity index is 2930. The smallest absolute Gasteiger partial charge is 0.229 e. The van der Waals surface area contributed by atoms with E-state index in [0.29, 0.717) is 11.5 Å². The SMILES string of the molecule is C=CCOC[C@H]1O[C@@H](O[C@@H]2[C@H](OCC=C)[C@@H](O)[C@H](O[C@@H]3[C@H](OCC=C)[C@@H](O)[C@H](O[C@@H]4[C@H](OCC=C)[C@@H](O)[C@H](O[C@@H]5[C@H](OCC=C)[C@@H](O)[C@H](O[C@@H]6[C@H](OCC=C)[C@@H](O)[C@H](Oc7ccc(OC)cc7)O[C@@H]6COCC=C)O[C@@H]5COCC=C)O[C@@H]4COCC=C)O[C@@H]3COCC=C)O[C@@H]2COCC=C)[C@H](O)[C@@H](OCC=C)[C@H]1O. The van der Waals surface area contributed by atoms with Crippen LogP contribution in [0.25, 0.3) is 0 Å². The summed E-state index contributed by atoms with van der Waals surface area (Å²) in [5.41, 5.74) is 0. The monoisotopic (exact) mass is 1580 g/mol. The van der Waals surface area contributed by atoms with E-state index in [1.54, 1.807) is 24.3 Å². The van der Waals surface area contributed by atoms with Crippen LogP contribution in [0.1, 0.15) is 0 Å². The third-order valence-corrected chi connectivity index (χ3v) is 18.0. The third-order valence-electron chi connectivity index (χ3n) is 18.0. The molecule has 624 valence electrons. The van der Waals surface area contributed by atoms with Gasteiger partial charge >= 0.3 is 0 Å². The number of aliphatic hydroxyl groups excluding tert-OH is 7. The summed E-state index contributed by atoms with van der Waals surface area (Å²) in [4.78, 5) is 0. The van der Waals surface area contributed by atoms with Crippen LogP contribution in [-0.2, 0) is 109 Å². The number of hydrogen-bond acceptors (Lipinski definition) is 32. The minimum absolute atomic E-state index is 0.00552. The summed E-state index contributed by atoms with van der Waals surface area (Å²) in [6, 6.07) is 6.62. The molecular formula is C79H116O32. The summed E-state index contributed by atoms with van der Waals surface area (Å²) < 4.78 is 158. The van der Waals surface area contributed by atoms with E-state index in [9.17, 15) is 35.7 Å². The first-order chi connectivity index (χ1) is 54.0. The van der Waals surface area contributed by atoms with Gasteiger partial charge in [-0.15, -0.1) is 78.9 Å². The Hall–Kier alpha value is -5.50. The summed E-state index contributed by atoms with van der Waals surface area (Å²) in [6.45, 7) is 43.2. The summed E-state index contributed by atoms with van der Waals surface area (Å²) in [7, 11) is 1.52. The van der Waals surface area contributed by atoms with Gasteiger partial charge in [0, 0.05) is 0 Å². The first-order valence-electron chi connectivity index (χ1n) is 36.7. The number of benzene rings is 1. The number of rotatable bonds is 55. The van der Waals surface area contributed by atoms with Gasteiger partial charge in [-0.05, 0) is 24.3 Å². The summed E-state index contributed by atoms with van der Waals surface area (Å²) in [5.74, 6) is 0.888. The molecule has 6 aliphatic heterocycles. The molecular weight excluding hydrogens is 1460 g/mol. The fourth-order valence-corrected chi connectivity index (χ4v) is 13.1. The minimum atomic E-state index is -1.84. The second kappa shape index (κ2) is 50.1. The predicted octanol–water partition coefficient (Wildman–Crippen LogP) is 2.52. The van der Waals surface area contributed by atoms with E-state index in [-0.39, 0.29) is 119 Å². The molecule has 0 saturated carbocycles. The molecule has 6 saturated heterocycles. The van der Waals surface area contributed by atoms with Crippen molar-refractivity contribution in [2.45, 2.75) is 184 Å². The molecule has 32 nitrogen and oxygen atoms in total. The van der Waals surface area contributed by atoms with Gasteiger partial charge < -0.3 is 154 Å². The van der Waals surface area contributed by atoms with Crippen LogP contribution in [0.3, 0.4) is 0 Å². The van der Waals surface area contributed by atoms with E-state index >= 15 is 0 Å². The molecule has 0 bridgehead atoms. The Morgan fingerprint density at radius 2 is 0.450 bits per heavy atom. The molecule has 0 amide bonds. The predicted molar refractivity (Wildman–Crippen MR) is 398 cm³/mol. The average molecular weight is 1580 g/mol. The third kappa shape index (κ3) is 26.3. The van der Waals surface area contributed by atoms with Crippen molar-refractivity contribution < 1.29 is 154 Å². The van der Waals surface area contributed by atoms with Crippen LogP contribution in [0.5, 0.6) is 11.5 Å². The van der Waals surface area contributed by atoms with Crippen molar-refractivity contribution in [1.29, 1.82) is 0 Å². The van der Waals surface area contributed by atoms with Crippen LogP contribution in [0.4, 0.5) is 0 Å². The van der Waals surface area contributed by atoms with Gasteiger partial charge in [-0.3, -0.25) is 0 Å². The lowest BCUT2D eigenvalue weighted by atomic mass is 9.94. The second-order valence-electron chi connectivity index (χ2n) is 26.0. The minimum Gasteiger partial charge on any atom is -0.497 e. The second-order valence-corrected chi connectivity index (χ2v) is 26.0. The average Bonchev–Trinajstić information content (AvgIpc) is 0.771. The first kappa shape index (κ1) is 92.7.